The van der Waals surface area contributed by atoms with E-state index in [2.05, 4.69) is 22.5 Å². The fraction of sp³-hybridized carbons (Fsp3) is 0.480. The molecule has 0 spiro atoms. The summed E-state index contributed by atoms with van der Waals surface area (Å²) in [4.78, 5) is 61.2. The summed E-state index contributed by atoms with van der Waals surface area (Å²) in [6.45, 7) is 8.14. The largest absolute Gasteiger partial charge is 0.460 e. The maximum absolute atomic E-state index is 13.1. The molecule has 0 aliphatic heterocycles. The van der Waals surface area contributed by atoms with Gasteiger partial charge in [0.1, 0.15) is 30.8 Å². The van der Waals surface area contributed by atoms with Gasteiger partial charge in [-0.05, 0) is 50.7 Å². The van der Waals surface area contributed by atoms with Crippen LogP contribution in [0.5, 0.6) is 0 Å². The average Bonchev–Trinajstić information content (AvgIpc) is 3.21. The van der Waals surface area contributed by atoms with Gasteiger partial charge in [-0.2, -0.15) is 0 Å². The molecule has 3 N–H and O–H groups in total. The monoisotopic (exact) mass is 487 g/mol. The van der Waals surface area contributed by atoms with Crippen LogP contribution in [0.15, 0.2) is 36.9 Å². The number of amides is 3. The Morgan fingerprint density at radius 1 is 1.09 bits per heavy atom. The average molecular weight is 488 g/mol. The lowest BCUT2D eigenvalue weighted by molar-refractivity contribution is -0.156. The van der Waals surface area contributed by atoms with Crippen molar-refractivity contribution in [3.63, 3.8) is 0 Å². The van der Waals surface area contributed by atoms with Crippen LogP contribution in [0.25, 0.3) is 0 Å². The molecule has 2 atom stereocenters. The highest BCUT2D eigenvalue weighted by molar-refractivity contribution is 5.93. The van der Waals surface area contributed by atoms with Crippen molar-refractivity contribution in [1.29, 1.82) is 0 Å². The number of ether oxygens (including phenoxy) is 2. The smallest absolute Gasteiger partial charge is 0.325 e. The summed E-state index contributed by atoms with van der Waals surface area (Å²) in [5, 5.41) is 7.48. The van der Waals surface area contributed by atoms with Crippen LogP contribution in [0.4, 0.5) is 0 Å². The first kappa shape index (κ1) is 27.6. The van der Waals surface area contributed by atoms with E-state index in [0.29, 0.717) is 19.3 Å². The Balaban J connectivity index is 2.15. The zero-order chi connectivity index (χ0) is 26.0. The van der Waals surface area contributed by atoms with E-state index >= 15 is 0 Å². The molecule has 0 radical (unpaired) electrons. The first-order valence-electron chi connectivity index (χ1n) is 11.4. The third-order valence-electron chi connectivity index (χ3n) is 5.28. The molecule has 10 heteroatoms. The van der Waals surface area contributed by atoms with E-state index in [1.54, 1.807) is 20.8 Å². The van der Waals surface area contributed by atoms with Crippen molar-refractivity contribution in [2.45, 2.75) is 57.7 Å². The van der Waals surface area contributed by atoms with Gasteiger partial charge in [-0.3, -0.25) is 24.0 Å². The van der Waals surface area contributed by atoms with Crippen LogP contribution < -0.4 is 16.0 Å². The van der Waals surface area contributed by atoms with Crippen LogP contribution >= 0.6 is 0 Å². The second-order valence-electron chi connectivity index (χ2n) is 9.24. The first-order valence-corrected chi connectivity index (χ1v) is 11.4. The van der Waals surface area contributed by atoms with E-state index in [1.165, 1.54) is 6.08 Å². The Morgan fingerprint density at radius 3 is 2.26 bits per heavy atom. The fourth-order valence-corrected chi connectivity index (χ4v) is 3.81. The number of benzene rings is 1. The summed E-state index contributed by atoms with van der Waals surface area (Å²) in [6.07, 6.45) is 2.38. The lowest BCUT2D eigenvalue weighted by Crippen LogP contribution is -2.56. The summed E-state index contributed by atoms with van der Waals surface area (Å²) >= 11 is 0. The minimum atomic E-state index is -1.24. The molecule has 0 aromatic heterocycles. The number of carbonyl (C=O) groups is 5. The number of hydrogen-bond acceptors (Lipinski definition) is 7. The van der Waals surface area contributed by atoms with Crippen LogP contribution in [0.1, 0.15) is 38.3 Å². The van der Waals surface area contributed by atoms with Crippen molar-refractivity contribution >= 4 is 30.2 Å². The molecule has 1 aromatic carbocycles. The molecular weight excluding hydrogens is 454 g/mol. The van der Waals surface area contributed by atoms with Gasteiger partial charge in [-0.15, -0.1) is 0 Å². The second kappa shape index (κ2) is 12.7. The lowest BCUT2D eigenvalue weighted by Gasteiger charge is -2.26. The number of esters is 2. The fourth-order valence-electron chi connectivity index (χ4n) is 3.81. The second-order valence-corrected chi connectivity index (χ2v) is 9.24. The molecule has 1 unspecified atom stereocenters. The minimum absolute atomic E-state index is 0.0104. The highest BCUT2D eigenvalue weighted by Crippen LogP contribution is 2.29. The van der Waals surface area contributed by atoms with Gasteiger partial charge in [0.15, 0.2) is 0 Å². The molecule has 3 amide bonds. The Hall–Kier alpha value is -3.69. The van der Waals surface area contributed by atoms with Gasteiger partial charge in [-0.25, -0.2) is 0 Å². The summed E-state index contributed by atoms with van der Waals surface area (Å²) in [5.74, 6) is -2.91. The predicted molar refractivity (Wildman–Crippen MR) is 127 cm³/mol. The predicted octanol–water partition coefficient (Wildman–Crippen LogP) is 0.578. The molecule has 35 heavy (non-hydrogen) atoms. The summed E-state index contributed by atoms with van der Waals surface area (Å²) < 4.78 is 10.1. The molecule has 0 heterocycles. The normalized spacial score (nSPS) is 14.6. The molecule has 1 aromatic rings. The SMILES string of the molecule is C=CCOC(=O)CNC(=O)C(NC(=O)[C@H](CC(=O)OC(C)(C)C)NC=O)C1Cc2ccccc2C1. The van der Waals surface area contributed by atoms with Crippen LogP contribution in [0.3, 0.4) is 0 Å². The van der Waals surface area contributed by atoms with E-state index in [1.807, 2.05) is 24.3 Å². The molecule has 1 aliphatic rings. The topological polar surface area (TPSA) is 140 Å². The molecule has 1 aliphatic carbocycles. The quantitative estimate of drug-likeness (QED) is 0.223. The highest BCUT2D eigenvalue weighted by atomic mass is 16.6. The van der Waals surface area contributed by atoms with Gasteiger partial charge < -0.3 is 25.4 Å². The number of fused-ring (bicyclic) bond motifs is 1. The van der Waals surface area contributed by atoms with Crippen molar-refractivity contribution in [1.82, 2.24) is 16.0 Å². The Kier molecular flexibility index (Phi) is 9.98. The standard InChI is InChI=1S/C25H33N3O7/c1-5-10-34-21(31)14-26-24(33)22(18-11-16-8-6-7-9-17(16)12-18)28-23(32)19(27-15-29)13-20(30)35-25(2,3)4/h5-9,15,18-19,22H,1,10-14H2,2-4H3,(H,26,33)(H,27,29)(H,28,32)/t19-,22?/m0/s1. The molecule has 0 bridgehead atoms. The van der Waals surface area contributed by atoms with E-state index in [0.717, 1.165) is 11.1 Å². The number of rotatable bonds is 12. The number of carbonyl (C=O) groups excluding carboxylic acids is 5. The van der Waals surface area contributed by atoms with Gasteiger partial charge in [0.2, 0.25) is 18.2 Å². The minimum Gasteiger partial charge on any atom is -0.460 e. The van der Waals surface area contributed by atoms with Crippen molar-refractivity contribution in [2.24, 2.45) is 5.92 Å². The summed E-state index contributed by atoms with van der Waals surface area (Å²) in [7, 11) is 0. The van der Waals surface area contributed by atoms with Gasteiger partial charge in [0, 0.05) is 0 Å². The van der Waals surface area contributed by atoms with Crippen LogP contribution in [-0.2, 0) is 46.3 Å². The van der Waals surface area contributed by atoms with E-state index in [4.69, 9.17) is 9.47 Å². The third-order valence-corrected chi connectivity index (χ3v) is 5.28. The van der Waals surface area contributed by atoms with Gasteiger partial charge >= 0.3 is 11.9 Å². The Morgan fingerprint density at radius 2 is 1.71 bits per heavy atom. The summed E-state index contributed by atoms with van der Waals surface area (Å²) in [5.41, 5.74) is 1.36. The van der Waals surface area contributed by atoms with E-state index in [-0.39, 0.29) is 19.1 Å². The molecule has 190 valence electrons. The van der Waals surface area contributed by atoms with Gasteiger partial charge in [-0.1, -0.05) is 36.9 Å². The molecule has 2 rings (SSSR count). The van der Waals surface area contributed by atoms with Crippen molar-refractivity contribution < 1.29 is 33.4 Å². The number of hydrogen-bond donors (Lipinski definition) is 3. The Bertz CT molecular complexity index is 930. The highest BCUT2D eigenvalue weighted by Gasteiger charge is 2.36. The first-order chi connectivity index (χ1) is 16.5. The molecule has 0 saturated carbocycles. The lowest BCUT2D eigenvalue weighted by atomic mass is 9.95. The van der Waals surface area contributed by atoms with Crippen molar-refractivity contribution in [3.8, 4) is 0 Å². The van der Waals surface area contributed by atoms with E-state index < -0.39 is 47.9 Å². The summed E-state index contributed by atoms with van der Waals surface area (Å²) in [6, 6.07) is 5.46. The zero-order valence-corrected chi connectivity index (χ0v) is 20.3. The molecule has 0 saturated heterocycles. The van der Waals surface area contributed by atoms with Crippen molar-refractivity contribution in [2.75, 3.05) is 13.2 Å². The van der Waals surface area contributed by atoms with Gasteiger partial charge in [0.05, 0.1) is 6.42 Å². The molecular formula is C25H33N3O7. The molecule has 0 fully saturated rings. The maximum Gasteiger partial charge on any atom is 0.325 e. The van der Waals surface area contributed by atoms with Crippen LogP contribution in [0, 0.1) is 5.92 Å². The van der Waals surface area contributed by atoms with Gasteiger partial charge in [0.25, 0.3) is 0 Å². The van der Waals surface area contributed by atoms with Crippen LogP contribution in [-0.4, -0.2) is 61.0 Å². The van der Waals surface area contributed by atoms with Crippen molar-refractivity contribution in [3.05, 3.63) is 48.0 Å². The molecule has 10 nitrogen and oxygen atoms in total. The maximum atomic E-state index is 13.1. The number of nitrogens with one attached hydrogen (secondary N) is 3. The zero-order valence-electron chi connectivity index (χ0n) is 20.3. The third kappa shape index (κ3) is 8.88. The van der Waals surface area contributed by atoms with E-state index in [9.17, 15) is 24.0 Å². The Labute approximate surface area is 204 Å². The van der Waals surface area contributed by atoms with Crippen LogP contribution in [0.2, 0.25) is 0 Å².